The molecule has 0 saturated carbocycles. The van der Waals surface area contributed by atoms with Crippen molar-refractivity contribution in [3.05, 3.63) is 48.0 Å². The average Bonchev–Trinajstić information content (AvgIpc) is 3.01. The Morgan fingerprint density at radius 3 is 2.72 bits per heavy atom. The van der Waals surface area contributed by atoms with Crippen molar-refractivity contribution >= 4 is 32.6 Å². The molecule has 0 saturated heterocycles. The molecule has 1 heterocycles. The van der Waals surface area contributed by atoms with Gasteiger partial charge in [-0.15, -0.1) is 0 Å². The van der Waals surface area contributed by atoms with Gasteiger partial charge >= 0.3 is 0 Å². The lowest BCUT2D eigenvalue weighted by atomic mass is 10.2. The first kappa shape index (κ1) is 17.2. The third kappa shape index (κ3) is 4.09. The number of fused-ring (bicyclic) bond motifs is 1. The van der Waals surface area contributed by atoms with Crippen molar-refractivity contribution in [1.82, 2.24) is 4.98 Å². The van der Waals surface area contributed by atoms with Crippen molar-refractivity contribution in [3.63, 3.8) is 0 Å². The van der Waals surface area contributed by atoms with Gasteiger partial charge in [-0.3, -0.25) is 10.1 Å². The van der Waals surface area contributed by atoms with Gasteiger partial charge in [0.05, 0.1) is 23.9 Å². The fourth-order valence-electron chi connectivity index (χ4n) is 2.28. The van der Waals surface area contributed by atoms with Crippen molar-refractivity contribution in [2.75, 3.05) is 19.0 Å². The Balaban J connectivity index is 1.77. The van der Waals surface area contributed by atoms with Crippen LogP contribution in [0, 0.1) is 5.92 Å². The molecule has 1 amide bonds. The number of methoxy groups -OCH3 is 1. The molecule has 0 bridgehead atoms. The van der Waals surface area contributed by atoms with E-state index in [1.54, 1.807) is 25.3 Å². The number of nitrogens with zero attached hydrogens (tertiary/aromatic N) is 1. The first-order valence-electron chi connectivity index (χ1n) is 8.04. The summed E-state index contributed by atoms with van der Waals surface area (Å²) >= 11 is 1.45. The summed E-state index contributed by atoms with van der Waals surface area (Å²) in [5.74, 6) is 1.35. The average molecular weight is 356 g/mol. The molecule has 0 spiro atoms. The van der Waals surface area contributed by atoms with Gasteiger partial charge in [0.25, 0.3) is 5.91 Å². The number of aromatic nitrogens is 1. The molecule has 5 nitrogen and oxygen atoms in total. The van der Waals surface area contributed by atoms with Crippen molar-refractivity contribution in [1.29, 1.82) is 0 Å². The number of carbonyl (C=O) groups is 1. The number of anilines is 1. The monoisotopic (exact) mass is 356 g/mol. The van der Waals surface area contributed by atoms with E-state index in [-0.39, 0.29) is 5.91 Å². The van der Waals surface area contributed by atoms with Crippen LogP contribution in [0.5, 0.6) is 11.5 Å². The minimum Gasteiger partial charge on any atom is -0.493 e. The maximum atomic E-state index is 12.5. The van der Waals surface area contributed by atoms with Crippen molar-refractivity contribution in [2.45, 2.75) is 13.8 Å². The molecule has 0 atom stereocenters. The zero-order valence-electron chi connectivity index (χ0n) is 14.4. The van der Waals surface area contributed by atoms with Crippen LogP contribution in [0.15, 0.2) is 42.5 Å². The third-order valence-electron chi connectivity index (χ3n) is 3.51. The molecule has 0 aliphatic heterocycles. The summed E-state index contributed by atoms with van der Waals surface area (Å²) < 4.78 is 12.1. The summed E-state index contributed by atoms with van der Waals surface area (Å²) in [6, 6.07) is 12.9. The van der Waals surface area contributed by atoms with E-state index in [4.69, 9.17) is 9.47 Å². The third-order valence-corrected chi connectivity index (χ3v) is 4.46. The summed E-state index contributed by atoms with van der Waals surface area (Å²) in [5, 5.41) is 3.42. The molecule has 6 heteroatoms. The first-order valence-corrected chi connectivity index (χ1v) is 8.86. The van der Waals surface area contributed by atoms with Gasteiger partial charge in [-0.2, -0.15) is 0 Å². The standard InChI is InChI=1S/C19H20N2O3S/c1-12(2)11-24-15-9-8-13(10-16(15)23-3)18(22)21-19-20-14-6-4-5-7-17(14)25-19/h4-10,12H,11H2,1-3H3,(H,20,21,22). The first-order chi connectivity index (χ1) is 12.1. The Labute approximate surface area is 150 Å². The van der Waals surface area contributed by atoms with Gasteiger partial charge in [-0.25, -0.2) is 4.98 Å². The maximum Gasteiger partial charge on any atom is 0.257 e. The number of carbonyl (C=O) groups excluding carboxylic acids is 1. The number of amides is 1. The Morgan fingerprint density at radius 1 is 1.20 bits per heavy atom. The van der Waals surface area contributed by atoms with Gasteiger partial charge in [0.1, 0.15) is 0 Å². The molecule has 0 fully saturated rings. The summed E-state index contributed by atoms with van der Waals surface area (Å²) in [6.45, 7) is 4.74. The van der Waals surface area contributed by atoms with Crippen LogP contribution in [0.3, 0.4) is 0 Å². The molecule has 0 aliphatic rings. The second-order valence-electron chi connectivity index (χ2n) is 6.01. The smallest absolute Gasteiger partial charge is 0.257 e. The predicted molar refractivity (Wildman–Crippen MR) is 101 cm³/mol. The van der Waals surface area contributed by atoms with E-state index < -0.39 is 0 Å². The molecule has 3 aromatic rings. The number of hydrogen-bond donors (Lipinski definition) is 1. The number of ether oxygens (including phenoxy) is 2. The largest absolute Gasteiger partial charge is 0.493 e. The lowest BCUT2D eigenvalue weighted by Gasteiger charge is -2.13. The summed E-state index contributed by atoms with van der Waals surface area (Å²) in [4.78, 5) is 16.9. The maximum absolute atomic E-state index is 12.5. The molecule has 0 radical (unpaired) electrons. The fourth-order valence-corrected chi connectivity index (χ4v) is 3.14. The van der Waals surface area contributed by atoms with Gasteiger partial charge in [0.15, 0.2) is 16.6 Å². The van der Waals surface area contributed by atoms with Crippen LogP contribution in [-0.4, -0.2) is 24.6 Å². The SMILES string of the molecule is COc1cc(C(=O)Nc2nc3ccccc3s2)ccc1OCC(C)C. The number of para-hydroxylation sites is 1. The minimum atomic E-state index is -0.229. The molecule has 1 aromatic heterocycles. The molecule has 3 rings (SSSR count). The van der Waals surface area contributed by atoms with E-state index in [2.05, 4.69) is 24.1 Å². The molecule has 25 heavy (non-hydrogen) atoms. The van der Waals surface area contributed by atoms with Crippen LogP contribution in [0.2, 0.25) is 0 Å². The minimum absolute atomic E-state index is 0.229. The highest BCUT2D eigenvalue weighted by Gasteiger charge is 2.13. The van der Waals surface area contributed by atoms with Crippen LogP contribution in [0.25, 0.3) is 10.2 Å². The van der Waals surface area contributed by atoms with E-state index in [9.17, 15) is 4.79 Å². The molecule has 0 unspecified atom stereocenters. The second kappa shape index (κ2) is 7.53. The van der Waals surface area contributed by atoms with Gasteiger partial charge in [-0.05, 0) is 36.2 Å². The number of nitrogens with one attached hydrogen (secondary N) is 1. The van der Waals surface area contributed by atoms with E-state index in [1.165, 1.54) is 11.3 Å². The second-order valence-corrected chi connectivity index (χ2v) is 7.04. The lowest BCUT2D eigenvalue weighted by Crippen LogP contribution is -2.12. The van der Waals surface area contributed by atoms with E-state index in [0.717, 1.165) is 10.2 Å². The van der Waals surface area contributed by atoms with Crippen molar-refractivity contribution < 1.29 is 14.3 Å². The highest BCUT2D eigenvalue weighted by atomic mass is 32.1. The fraction of sp³-hybridized carbons (Fsp3) is 0.263. The van der Waals surface area contributed by atoms with Crippen LogP contribution >= 0.6 is 11.3 Å². The number of thiazole rings is 1. The lowest BCUT2D eigenvalue weighted by molar-refractivity contribution is 0.102. The topological polar surface area (TPSA) is 60.5 Å². The molecular formula is C19H20N2O3S. The number of benzene rings is 2. The normalized spacial score (nSPS) is 10.9. The number of rotatable bonds is 6. The van der Waals surface area contributed by atoms with Crippen LogP contribution in [0.1, 0.15) is 24.2 Å². The highest BCUT2D eigenvalue weighted by Crippen LogP contribution is 2.30. The van der Waals surface area contributed by atoms with Gasteiger partial charge in [0.2, 0.25) is 0 Å². The van der Waals surface area contributed by atoms with E-state index in [1.807, 2.05) is 24.3 Å². The predicted octanol–water partition coefficient (Wildman–Crippen LogP) is 4.59. The van der Waals surface area contributed by atoms with Crippen molar-refractivity contribution in [3.8, 4) is 11.5 Å². The molecule has 130 valence electrons. The van der Waals surface area contributed by atoms with E-state index in [0.29, 0.717) is 34.7 Å². The zero-order valence-corrected chi connectivity index (χ0v) is 15.2. The van der Waals surface area contributed by atoms with Gasteiger partial charge in [-0.1, -0.05) is 37.3 Å². The Bertz CT molecular complexity index is 856. The van der Waals surface area contributed by atoms with Crippen LogP contribution in [-0.2, 0) is 0 Å². The van der Waals surface area contributed by atoms with Crippen LogP contribution < -0.4 is 14.8 Å². The van der Waals surface area contributed by atoms with E-state index >= 15 is 0 Å². The summed E-state index contributed by atoms with van der Waals surface area (Å²) in [6.07, 6.45) is 0. The highest BCUT2D eigenvalue weighted by molar-refractivity contribution is 7.22. The molecule has 0 aliphatic carbocycles. The van der Waals surface area contributed by atoms with Gasteiger partial charge in [0, 0.05) is 5.56 Å². The molecular weight excluding hydrogens is 336 g/mol. The molecule has 2 aromatic carbocycles. The van der Waals surface area contributed by atoms with Crippen molar-refractivity contribution in [2.24, 2.45) is 5.92 Å². The molecule has 1 N–H and O–H groups in total. The van der Waals surface area contributed by atoms with Gasteiger partial charge < -0.3 is 9.47 Å². The summed E-state index contributed by atoms with van der Waals surface area (Å²) in [5.41, 5.74) is 1.37. The Kier molecular flexibility index (Phi) is 5.19. The number of hydrogen-bond acceptors (Lipinski definition) is 5. The summed E-state index contributed by atoms with van der Waals surface area (Å²) in [7, 11) is 1.56. The quantitative estimate of drug-likeness (QED) is 0.702. The Hall–Kier alpha value is -2.60. The van der Waals surface area contributed by atoms with Crippen LogP contribution in [0.4, 0.5) is 5.13 Å². The zero-order chi connectivity index (χ0) is 17.8. The Morgan fingerprint density at radius 2 is 2.00 bits per heavy atom.